The van der Waals surface area contributed by atoms with E-state index in [4.69, 9.17) is 9.47 Å². The molecule has 0 spiro atoms. The van der Waals surface area contributed by atoms with Crippen molar-refractivity contribution in [1.29, 1.82) is 0 Å². The first-order valence-corrected chi connectivity index (χ1v) is 8.23. The molecule has 1 aromatic carbocycles. The van der Waals surface area contributed by atoms with Crippen LogP contribution in [-0.4, -0.2) is 36.5 Å². The molecule has 1 aliphatic carbocycles. The molecule has 1 heterocycles. The summed E-state index contributed by atoms with van der Waals surface area (Å²) >= 11 is 0. The minimum Gasteiger partial charge on any atom is -0.493 e. The van der Waals surface area contributed by atoms with Gasteiger partial charge in [-0.25, -0.2) is 4.68 Å². The fraction of sp³-hybridized carbons (Fsp3) is 0.389. The van der Waals surface area contributed by atoms with Crippen LogP contribution in [0.5, 0.6) is 11.5 Å². The van der Waals surface area contributed by atoms with Gasteiger partial charge in [-0.1, -0.05) is 6.07 Å². The molecule has 0 atom stereocenters. The van der Waals surface area contributed by atoms with Crippen LogP contribution in [0.2, 0.25) is 0 Å². The molecule has 1 N–H and O–H groups in total. The third-order valence-corrected chi connectivity index (χ3v) is 4.28. The Balaban J connectivity index is 1.67. The van der Waals surface area contributed by atoms with Crippen molar-refractivity contribution in [3.63, 3.8) is 0 Å². The zero-order chi connectivity index (χ0) is 17.8. The molecule has 0 aliphatic heterocycles. The van der Waals surface area contributed by atoms with E-state index >= 15 is 0 Å². The first-order valence-electron chi connectivity index (χ1n) is 8.23. The van der Waals surface area contributed by atoms with Crippen molar-refractivity contribution >= 4 is 5.91 Å². The number of nitrogens with zero attached hydrogens (tertiary/aromatic N) is 2. The number of benzene rings is 1. The van der Waals surface area contributed by atoms with Crippen LogP contribution >= 0.6 is 0 Å². The van der Waals surface area contributed by atoms with Crippen molar-refractivity contribution in [2.24, 2.45) is 0 Å². The molecule has 3 rings (SSSR count). The molecule has 0 unspecified atom stereocenters. The van der Waals surface area contributed by atoms with Gasteiger partial charge in [0.25, 0.3) is 11.5 Å². The normalized spacial score (nSPS) is 12.6. The Labute approximate surface area is 145 Å². The lowest BCUT2D eigenvalue weighted by Crippen LogP contribution is -2.32. The summed E-state index contributed by atoms with van der Waals surface area (Å²) < 4.78 is 11.9. The van der Waals surface area contributed by atoms with Gasteiger partial charge in [0.05, 0.1) is 32.0 Å². The molecule has 2 aromatic rings. The molecule has 0 saturated carbocycles. The predicted octanol–water partition coefficient (Wildman–Crippen LogP) is 1.18. The first kappa shape index (κ1) is 17.0. The summed E-state index contributed by atoms with van der Waals surface area (Å²) in [6.07, 6.45) is 2.87. The third-order valence-electron chi connectivity index (χ3n) is 4.28. The van der Waals surface area contributed by atoms with Crippen LogP contribution in [0.1, 0.15) is 28.0 Å². The molecule has 1 aromatic heterocycles. The molecule has 0 saturated heterocycles. The van der Waals surface area contributed by atoms with Gasteiger partial charge in [-0.2, -0.15) is 5.10 Å². The van der Waals surface area contributed by atoms with Gasteiger partial charge in [-0.15, -0.1) is 0 Å². The number of methoxy groups -OCH3 is 2. The van der Waals surface area contributed by atoms with Crippen LogP contribution < -0.4 is 20.3 Å². The molecule has 7 nitrogen and oxygen atoms in total. The van der Waals surface area contributed by atoms with Crippen LogP contribution in [0.15, 0.2) is 29.1 Å². The number of rotatable bonds is 6. The molecule has 0 radical (unpaired) electrons. The van der Waals surface area contributed by atoms with Crippen LogP contribution in [0.4, 0.5) is 0 Å². The number of para-hydroxylation sites is 1. The van der Waals surface area contributed by atoms with Gasteiger partial charge in [0.15, 0.2) is 11.5 Å². The van der Waals surface area contributed by atoms with Crippen molar-refractivity contribution in [1.82, 2.24) is 15.1 Å². The number of carbonyl (C=O) groups is 1. The third kappa shape index (κ3) is 3.50. The average Bonchev–Trinajstić information content (AvgIpc) is 3.07. The van der Waals surface area contributed by atoms with Crippen LogP contribution in [0.3, 0.4) is 0 Å². The first-order chi connectivity index (χ1) is 12.1. The number of ether oxygens (including phenoxy) is 2. The zero-order valence-corrected chi connectivity index (χ0v) is 14.4. The minimum atomic E-state index is -0.287. The SMILES string of the molecule is COc1cccc(C(=O)NCCn2nc3c(cc2=O)CCC3)c1OC. The molecule has 7 heteroatoms. The second kappa shape index (κ2) is 7.38. The van der Waals surface area contributed by atoms with Gasteiger partial charge < -0.3 is 14.8 Å². The van der Waals surface area contributed by atoms with E-state index in [1.807, 2.05) is 0 Å². The Kier molecular flexibility index (Phi) is 5.02. The minimum absolute atomic E-state index is 0.131. The Hall–Kier alpha value is -2.83. The number of hydrogen-bond acceptors (Lipinski definition) is 5. The van der Waals surface area contributed by atoms with Crippen molar-refractivity contribution in [2.75, 3.05) is 20.8 Å². The molecule has 0 fully saturated rings. The number of aryl methyl sites for hydroxylation is 2. The van der Waals surface area contributed by atoms with E-state index in [9.17, 15) is 9.59 Å². The number of aromatic nitrogens is 2. The van der Waals surface area contributed by atoms with Gasteiger partial charge in [-0.05, 0) is 37.0 Å². The Morgan fingerprint density at radius 1 is 1.28 bits per heavy atom. The molecule has 132 valence electrons. The predicted molar refractivity (Wildman–Crippen MR) is 92.4 cm³/mol. The highest BCUT2D eigenvalue weighted by Gasteiger charge is 2.17. The van der Waals surface area contributed by atoms with Crippen molar-refractivity contribution in [2.45, 2.75) is 25.8 Å². The largest absolute Gasteiger partial charge is 0.493 e. The van der Waals surface area contributed by atoms with E-state index in [1.54, 1.807) is 24.3 Å². The highest BCUT2D eigenvalue weighted by molar-refractivity contribution is 5.97. The Morgan fingerprint density at radius 3 is 2.88 bits per heavy atom. The lowest BCUT2D eigenvalue weighted by atomic mass is 10.1. The number of carbonyl (C=O) groups excluding carboxylic acids is 1. The quantitative estimate of drug-likeness (QED) is 0.852. The number of hydrogen-bond donors (Lipinski definition) is 1. The summed E-state index contributed by atoms with van der Waals surface area (Å²) in [5, 5.41) is 7.19. The van der Waals surface area contributed by atoms with Gasteiger partial charge >= 0.3 is 0 Å². The second-order valence-corrected chi connectivity index (χ2v) is 5.83. The summed E-state index contributed by atoms with van der Waals surface area (Å²) in [6, 6.07) is 6.77. The fourth-order valence-electron chi connectivity index (χ4n) is 3.04. The Morgan fingerprint density at radius 2 is 2.12 bits per heavy atom. The van der Waals surface area contributed by atoms with Crippen molar-refractivity contribution in [3.8, 4) is 11.5 Å². The highest BCUT2D eigenvalue weighted by Crippen LogP contribution is 2.30. The maximum atomic E-state index is 12.4. The van der Waals surface area contributed by atoms with E-state index in [0.29, 0.717) is 30.2 Å². The van der Waals surface area contributed by atoms with Crippen molar-refractivity contribution < 1.29 is 14.3 Å². The molecular weight excluding hydrogens is 322 g/mol. The van der Waals surface area contributed by atoms with E-state index in [0.717, 1.165) is 30.5 Å². The maximum absolute atomic E-state index is 12.4. The summed E-state index contributed by atoms with van der Waals surface area (Å²) in [4.78, 5) is 24.5. The summed E-state index contributed by atoms with van der Waals surface area (Å²) in [5.74, 6) is 0.590. The van der Waals surface area contributed by atoms with Gasteiger partial charge in [-0.3, -0.25) is 9.59 Å². The number of fused-ring (bicyclic) bond motifs is 1. The van der Waals surface area contributed by atoms with E-state index in [-0.39, 0.29) is 11.5 Å². The highest BCUT2D eigenvalue weighted by atomic mass is 16.5. The fourth-order valence-corrected chi connectivity index (χ4v) is 3.04. The summed E-state index contributed by atoms with van der Waals surface area (Å²) in [6.45, 7) is 0.620. The van der Waals surface area contributed by atoms with E-state index < -0.39 is 0 Å². The summed E-state index contributed by atoms with van der Waals surface area (Å²) in [7, 11) is 3.01. The van der Waals surface area contributed by atoms with Crippen LogP contribution in [0, 0.1) is 0 Å². The average molecular weight is 343 g/mol. The molecule has 0 bridgehead atoms. The zero-order valence-electron chi connectivity index (χ0n) is 14.4. The van der Waals surface area contributed by atoms with Crippen molar-refractivity contribution in [3.05, 3.63) is 51.4 Å². The number of amides is 1. The lowest BCUT2D eigenvalue weighted by molar-refractivity contribution is 0.0948. The second-order valence-electron chi connectivity index (χ2n) is 5.83. The maximum Gasteiger partial charge on any atom is 0.267 e. The van der Waals surface area contributed by atoms with Gasteiger partial charge in [0.1, 0.15) is 0 Å². The molecule has 1 aliphatic rings. The molecule has 25 heavy (non-hydrogen) atoms. The monoisotopic (exact) mass is 343 g/mol. The van der Waals surface area contributed by atoms with E-state index in [1.165, 1.54) is 18.9 Å². The van der Waals surface area contributed by atoms with E-state index in [2.05, 4.69) is 10.4 Å². The molecular formula is C18H21N3O4. The van der Waals surface area contributed by atoms with Gasteiger partial charge in [0, 0.05) is 12.6 Å². The molecule has 1 amide bonds. The van der Waals surface area contributed by atoms with Crippen LogP contribution in [-0.2, 0) is 19.4 Å². The Bertz CT molecular complexity index is 845. The lowest BCUT2D eigenvalue weighted by Gasteiger charge is -2.13. The smallest absolute Gasteiger partial charge is 0.267 e. The van der Waals surface area contributed by atoms with Gasteiger partial charge in [0.2, 0.25) is 0 Å². The van der Waals surface area contributed by atoms with Crippen LogP contribution in [0.25, 0.3) is 0 Å². The summed E-state index contributed by atoms with van der Waals surface area (Å²) in [5.41, 5.74) is 2.29. The topological polar surface area (TPSA) is 82.5 Å². The standard InChI is InChI=1S/C18H21N3O4/c1-24-15-8-4-6-13(17(15)25-2)18(23)19-9-10-21-16(22)11-12-5-3-7-14(12)20-21/h4,6,8,11H,3,5,7,9-10H2,1-2H3,(H,19,23). The number of nitrogens with one attached hydrogen (secondary N) is 1.